The number of methoxy groups -OCH3 is 3. The largest absolute Gasteiger partial charge is 0.456 e. The van der Waals surface area contributed by atoms with Crippen LogP contribution < -0.4 is 0 Å². The van der Waals surface area contributed by atoms with E-state index in [1.807, 2.05) is 26.0 Å². The first-order valence-corrected chi connectivity index (χ1v) is 23.9. The van der Waals surface area contributed by atoms with Crippen LogP contribution in [-0.2, 0) is 47.6 Å². The van der Waals surface area contributed by atoms with Gasteiger partial charge in [-0.05, 0) is 95.5 Å². The number of piperidine rings is 1. The van der Waals surface area contributed by atoms with Crippen molar-refractivity contribution in [2.45, 2.75) is 166 Å². The maximum absolute atomic E-state index is 14.5. The lowest BCUT2D eigenvalue weighted by molar-refractivity contribution is -0.302. The minimum atomic E-state index is -2.55. The van der Waals surface area contributed by atoms with Gasteiger partial charge in [0.1, 0.15) is 30.1 Å². The van der Waals surface area contributed by atoms with Crippen molar-refractivity contribution >= 4 is 29.5 Å². The second-order valence-corrected chi connectivity index (χ2v) is 19.6. The van der Waals surface area contributed by atoms with Crippen molar-refractivity contribution in [3.63, 3.8) is 0 Å². The highest BCUT2D eigenvalue weighted by Gasteiger charge is 2.56. The molecule has 4 fully saturated rings. The van der Waals surface area contributed by atoms with Crippen LogP contribution in [-0.4, -0.2) is 168 Å². The number of Topliss-reactive ketones (excluding diaryl/α,β-unsaturated/α-hetero) is 2. The van der Waals surface area contributed by atoms with Crippen LogP contribution in [0.4, 0.5) is 4.79 Å². The molecule has 1 aliphatic carbocycles. The van der Waals surface area contributed by atoms with Crippen molar-refractivity contribution in [1.29, 1.82) is 0 Å². The summed E-state index contributed by atoms with van der Waals surface area (Å²) in [5.74, 6) is -8.37. The van der Waals surface area contributed by atoms with Crippen LogP contribution in [0.5, 0.6) is 0 Å². The molecule has 4 heterocycles. The summed E-state index contributed by atoms with van der Waals surface area (Å²) >= 11 is 0. The number of cyclic esters (lactones) is 1. The van der Waals surface area contributed by atoms with Crippen molar-refractivity contribution in [2.24, 2.45) is 29.6 Å². The van der Waals surface area contributed by atoms with E-state index in [2.05, 4.69) is 0 Å². The lowest BCUT2D eigenvalue weighted by Gasteiger charge is -2.47. The molecule has 2 amide bonds. The molecule has 1 saturated carbocycles. The number of carbonyl (C=O) groups excluding carboxylic acids is 5. The van der Waals surface area contributed by atoms with E-state index in [1.54, 1.807) is 40.0 Å². The van der Waals surface area contributed by atoms with Crippen LogP contribution in [0.2, 0.25) is 0 Å². The van der Waals surface area contributed by atoms with Crippen LogP contribution in [0, 0.1) is 29.6 Å². The Kier molecular flexibility index (Phi) is 19.5. The van der Waals surface area contributed by atoms with Gasteiger partial charge in [0.15, 0.2) is 0 Å². The summed E-state index contributed by atoms with van der Waals surface area (Å²) in [5.41, 5.74) is 1.49. The van der Waals surface area contributed by atoms with Gasteiger partial charge in [-0.2, -0.15) is 0 Å². The number of esters is 1. The van der Waals surface area contributed by atoms with Crippen LogP contribution in [0.15, 0.2) is 35.5 Å². The Morgan fingerprint density at radius 2 is 1.58 bits per heavy atom. The first-order chi connectivity index (χ1) is 31.3. The molecule has 5 aliphatic rings. The topological polar surface area (TPSA) is 228 Å². The predicted molar refractivity (Wildman–Crippen MR) is 240 cm³/mol. The molecule has 14 atom stereocenters. The zero-order valence-corrected chi connectivity index (χ0v) is 40.2. The fourth-order valence-electron chi connectivity index (χ4n) is 10.5. The van der Waals surface area contributed by atoms with Gasteiger partial charge in [0.25, 0.3) is 11.7 Å². The third-order valence-corrected chi connectivity index (χ3v) is 14.5. The van der Waals surface area contributed by atoms with Crippen molar-refractivity contribution < 1.29 is 72.8 Å². The molecule has 0 radical (unpaired) electrons. The number of β-amino-alcohol motifs (C(OH)–C–C–N with tert-alkyl or cyclic N) is 1. The van der Waals surface area contributed by atoms with Gasteiger partial charge in [0.05, 0.1) is 50.2 Å². The fraction of sp³-hybridized carbons (Fsp3) is 0.776. The normalized spacial score (nSPS) is 38.5. The zero-order chi connectivity index (χ0) is 48.5. The molecule has 17 nitrogen and oxygen atoms in total. The Bertz CT molecular complexity index is 1780. The molecule has 3 saturated heterocycles. The first-order valence-electron chi connectivity index (χ1n) is 23.9. The molecule has 2 bridgehead atoms. The van der Waals surface area contributed by atoms with E-state index < -0.39 is 102 Å². The quantitative estimate of drug-likeness (QED) is 0.146. The number of rotatable bonds is 9. The third kappa shape index (κ3) is 12.9. The van der Waals surface area contributed by atoms with E-state index in [0.717, 1.165) is 10.5 Å². The second-order valence-electron chi connectivity index (χ2n) is 19.6. The van der Waals surface area contributed by atoms with Gasteiger partial charge in [-0.3, -0.25) is 14.4 Å². The minimum Gasteiger partial charge on any atom is -0.456 e. The Balaban J connectivity index is 1.50. The highest BCUT2D eigenvalue weighted by Crippen LogP contribution is 2.39. The zero-order valence-electron chi connectivity index (χ0n) is 40.2. The Morgan fingerprint density at radius 3 is 2.23 bits per heavy atom. The minimum absolute atomic E-state index is 0.0436. The number of aliphatic hydroxyl groups is 4. The lowest BCUT2D eigenvalue weighted by atomic mass is 9.81. The molecule has 0 aromatic carbocycles. The van der Waals surface area contributed by atoms with Crippen LogP contribution in [0.3, 0.4) is 0 Å². The van der Waals surface area contributed by atoms with E-state index in [1.165, 1.54) is 19.1 Å². The molecule has 0 aromatic heterocycles. The number of aliphatic hydroxyl groups excluding tert-OH is 3. The van der Waals surface area contributed by atoms with Gasteiger partial charge >= 0.3 is 12.1 Å². The molecule has 4 aliphatic heterocycles. The highest BCUT2D eigenvalue weighted by molar-refractivity contribution is 6.39. The van der Waals surface area contributed by atoms with E-state index in [-0.39, 0.29) is 69.5 Å². The first kappa shape index (κ1) is 53.4. The third-order valence-electron chi connectivity index (χ3n) is 14.5. The number of amides is 2. The Hall–Kier alpha value is -3.55. The summed E-state index contributed by atoms with van der Waals surface area (Å²) in [5, 5.41) is 43.2. The average molecular weight is 933 g/mol. The number of carbonyl (C=O) groups is 5. The molecule has 4 N–H and O–H groups in total. The number of hydrogen-bond acceptors (Lipinski definition) is 15. The summed E-state index contributed by atoms with van der Waals surface area (Å²) in [6, 6.07) is -1.20. The van der Waals surface area contributed by atoms with Crippen LogP contribution in [0.25, 0.3) is 0 Å². The summed E-state index contributed by atoms with van der Waals surface area (Å²) in [7, 11) is 4.56. The van der Waals surface area contributed by atoms with Gasteiger partial charge in [0.2, 0.25) is 5.79 Å². The number of hydrogen-bond donors (Lipinski definition) is 4. The summed E-state index contributed by atoms with van der Waals surface area (Å²) in [6.45, 7) is 9.31. The maximum atomic E-state index is 14.5. The van der Waals surface area contributed by atoms with Crippen molar-refractivity contribution in [3.05, 3.63) is 35.5 Å². The molecule has 0 spiro atoms. The van der Waals surface area contributed by atoms with Crippen LogP contribution >= 0.6 is 0 Å². The van der Waals surface area contributed by atoms with Gasteiger partial charge < -0.3 is 58.6 Å². The fourth-order valence-corrected chi connectivity index (χ4v) is 10.5. The summed E-state index contributed by atoms with van der Waals surface area (Å²) in [4.78, 5) is 72.7. The lowest BCUT2D eigenvalue weighted by Crippen LogP contribution is -2.64. The predicted octanol–water partition coefficient (Wildman–Crippen LogP) is 3.82. The highest BCUT2D eigenvalue weighted by atomic mass is 16.7. The molecule has 17 heteroatoms. The summed E-state index contributed by atoms with van der Waals surface area (Å²) in [6.07, 6.45) is 4.46. The molecular weight excluding hydrogens is 857 g/mol. The standard InChI is InChI=1S/C49H76N2O15/c1-28-19-29(2)21-41(62-7)44-42(63-8)23-31(4)49(60,66-44)45(56)46(57)51-17-11-9-14-36(51)47(58)65-43(32(5)37(54)25-38(55)34(20-28)13-10-12-18-52)30(3)22-33-15-16-39(40(24-33)61-6)64-48(59)50-26-35(53)27-50/h10,12,20,22,29,31-37,39-44,52-54,60H,9,11,13-19,21,23-27H2,1-8H3/b12-10+,28-20+,30-22+/t29-,31+,32+,33-,34+,36-,37-,39+,40+,41-,42-,43+,44+,49+/m0/s1. The molecule has 0 unspecified atom stereocenters. The van der Waals surface area contributed by atoms with Crippen LogP contribution in [0.1, 0.15) is 105 Å². The number of nitrogens with zero attached hydrogens (tertiary/aromatic N) is 2. The van der Waals surface area contributed by atoms with Crippen molar-refractivity contribution in [2.75, 3.05) is 47.6 Å². The van der Waals surface area contributed by atoms with Gasteiger partial charge in [0, 0.05) is 52.0 Å². The molecule has 66 heavy (non-hydrogen) atoms. The van der Waals surface area contributed by atoms with E-state index in [9.17, 15) is 44.4 Å². The summed E-state index contributed by atoms with van der Waals surface area (Å²) < 4.78 is 35.9. The smallest absolute Gasteiger partial charge is 0.410 e. The molecule has 5 rings (SSSR count). The monoisotopic (exact) mass is 933 g/mol. The number of ether oxygens (including phenoxy) is 6. The van der Waals surface area contributed by atoms with Crippen molar-refractivity contribution in [1.82, 2.24) is 9.80 Å². The maximum Gasteiger partial charge on any atom is 0.410 e. The second kappa shape index (κ2) is 24.1. The van der Waals surface area contributed by atoms with E-state index in [4.69, 9.17) is 28.4 Å². The molecule has 0 aromatic rings. The molecular formula is C49H76N2O15. The SMILES string of the molecule is CO[C@H]1C[C@@H](C)C/C(C)=C/[C@@H](C/C=C/CO)C(=O)C[C@H](O)[C@@H](C)[C@@H](/C(C)=C/[C@@H]2CC[C@@H](OC(=O)N3CC(O)C3)[C@H](OC)C2)OC(=O)[C@@H]2CCCCN2C(=O)C(=O)[C@]2(O)O[C@H]1[C@@H](OC)C[C@H]2C. The van der Waals surface area contributed by atoms with E-state index in [0.29, 0.717) is 50.5 Å². The van der Waals surface area contributed by atoms with Gasteiger partial charge in [-0.15, -0.1) is 0 Å². The molecule has 372 valence electrons. The average Bonchev–Trinajstić information content (AvgIpc) is 3.28. The van der Waals surface area contributed by atoms with E-state index >= 15 is 0 Å². The number of ketones is 2. The Labute approximate surface area is 389 Å². The number of fused-ring (bicyclic) bond motifs is 3. The Morgan fingerprint density at radius 1 is 0.894 bits per heavy atom. The van der Waals surface area contributed by atoms with Gasteiger partial charge in [-0.1, -0.05) is 50.6 Å². The number of allylic oxidation sites excluding steroid dienone is 4. The number of likely N-dealkylation sites (tertiary alicyclic amines) is 1. The van der Waals surface area contributed by atoms with Gasteiger partial charge in [-0.25, -0.2) is 9.59 Å². The van der Waals surface area contributed by atoms with Crippen molar-refractivity contribution in [3.8, 4) is 0 Å².